The number of anilines is 1. The molecule has 4 aromatic rings. The molecule has 0 saturated heterocycles. The summed E-state index contributed by atoms with van der Waals surface area (Å²) in [6.45, 7) is 0. The SMILES string of the molecule is O=C(Nc1ccc(OC2CCCC2)c2oc3ccccc3c12)c1c(Cl)cncc1Cl. The second kappa shape index (κ2) is 7.82. The molecule has 1 amide bonds. The number of hydrogen-bond acceptors (Lipinski definition) is 4. The minimum atomic E-state index is -0.413. The number of amides is 1. The maximum absolute atomic E-state index is 13.0. The van der Waals surface area contributed by atoms with E-state index in [1.54, 1.807) is 0 Å². The summed E-state index contributed by atoms with van der Waals surface area (Å²) in [6.07, 6.45) is 7.41. The molecular weight excluding hydrogens is 423 g/mol. The van der Waals surface area contributed by atoms with Gasteiger partial charge in [0.1, 0.15) is 5.58 Å². The highest BCUT2D eigenvalue weighted by molar-refractivity contribution is 6.40. The van der Waals surface area contributed by atoms with E-state index in [2.05, 4.69) is 10.3 Å². The number of nitrogens with one attached hydrogen (secondary N) is 1. The Labute approximate surface area is 182 Å². The number of nitrogens with zero attached hydrogens (tertiary/aromatic N) is 1. The Hall–Kier alpha value is -2.76. The lowest BCUT2D eigenvalue weighted by atomic mass is 10.1. The van der Waals surface area contributed by atoms with Gasteiger partial charge in [-0.2, -0.15) is 0 Å². The summed E-state index contributed by atoms with van der Waals surface area (Å²) >= 11 is 12.3. The van der Waals surface area contributed by atoms with Gasteiger partial charge in [-0.15, -0.1) is 0 Å². The van der Waals surface area contributed by atoms with E-state index >= 15 is 0 Å². The molecule has 0 bridgehead atoms. The number of furan rings is 1. The van der Waals surface area contributed by atoms with Gasteiger partial charge in [0.25, 0.3) is 5.91 Å². The predicted octanol–water partition coefficient (Wildman–Crippen LogP) is 6.86. The Balaban J connectivity index is 1.61. The Morgan fingerprint density at radius 2 is 1.80 bits per heavy atom. The van der Waals surface area contributed by atoms with Gasteiger partial charge >= 0.3 is 0 Å². The molecule has 1 N–H and O–H groups in total. The number of ether oxygens (including phenoxy) is 1. The average Bonchev–Trinajstić information content (AvgIpc) is 3.37. The molecule has 2 aromatic heterocycles. The van der Waals surface area contributed by atoms with Crippen molar-refractivity contribution in [3.05, 3.63) is 64.4 Å². The summed E-state index contributed by atoms with van der Waals surface area (Å²) in [4.78, 5) is 16.9. The molecule has 0 atom stereocenters. The summed E-state index contributed by atoms with van der Waals surface area (Å²) in [7, 11) is 0. The van der Waals surface area contributed by atoms with Gasteiger partial charge in [0.05, 0.1) is 32.8 Å². The number of benzene rings is 2. The Kier molecular flexibility index (Phi) is 5.01. The van der Waals surface area contributed by atoms with Gasteiger partial charge in [-0.05, 0) is 43.9 Å². The third-order valence-corrected chi connectivity index (χ3v) is 5.99. The smallest absolute Gasteiger partial charge is 0.258 e. The van der Waals surface area contributed by atoms with Crippen LogP contribution in [0.1, 0.15) is 36.0 Å². The Bertz CT molecular complexity index is 1240. The van der Waals surface area contributed by atoms with Crippen LogP contribution in [0.25, 0.3) is 21.9 Å². The molecule has 0 radical (unpaired) electrons. The normalized spacial score (nSPS) is 14.5. The first-order valence-electron chi connectivity index (χ1n) is 9.83. The molecule has 7 heteroatoms. The summed E-state index contributed by atoms with van der Waals surface area (Å²) in [5.74, 6) is 0.273. The van der Waals surface area contributed by atoms with Crippen molar-refractivity contribution in [2.24, 2.45) is 0 Å². The van der Waals surface area contributed by atoms with Crippen LogP contribution in [-0.2, 0) is 0 Å². The molecule has 152 valence electrons. The summed E-state index contributed by atoms with van der Waals surface area (Å²) < 4.78 is 12.4. The van der Waals surface area contributed by atoms with Crippen LogP contribution in [0.2, 0.25) is 10.0 Å². The van der Waals surface area contributed by atoms with Crippen LogP contribution in [0.15, 0.2) is 53.2 Å². The van der Waals surface area contributed by atoms with Crippen molar-refractivity contribution in [2.45, 2.75) is 31.8 Å². The molecule has 0 spiro atoms. The van der Waals surface area contributed by atoms with Gasteiger partial charge in [-0.3, -0.25) is 9.78 Å². The fraction of sp³-hybridized carbons (Fsp3) is 0.217. The number of carbonyl (C=O) groups is 1. The highest BCUT2D eigenvalue weighted by Gasteiger charge is 2.23. The number of halogens is 2. The first-order valence-corrected chi connectivity index (χ1v) is 10.6. The molecule has 2 heterocycles. The van der Waals surface area contributed by atoms with Gasteiger partial charge in [0.2, 0.25) is 0 Å². The lowest BCUT2D eigenvalue weighted by Gasteiger charge is -2.15. The number of rotatable bonds is 4. The fourth-order valence-electron chi connectivity index (χ4n) is 4.00. The molecule has 2 aromatic carbocycles. The van der Waals surface area contributed by atoms with Gasteiger partial charge in [-0.25, -0.2) is 0 Å². The van der Waals surface area contributed by atoms with Gasteiger partial charge in [0, 0.05) is 17.8 Å². The number of pyridine rings is 1. The fourth-order valence-corrected chi connectivity index (χ4v) is 4.54. The quantitative estimate of drug-likeness (QED) is 0.376. The number of aromatic nitrogens is 1. The topological polar surface area (TPSA) is 64.4 Å². The number of carbonyl (C=O) groups excluding carboxylic acids is 1. The molecule has 0 unspecified atom stereocenters. The molecule has 0 aliphatic heterocycles. The summed E-state index contributed by atoms with van der Waals surface area (Å²) in [6, 6.07) is 11.4. The van der Waals surface area contributed by atoms with Crippen molar-refractivity contribution >= 4 is 56.7 Å². The van der Waals surface area contributed by atoms with E-state index in [0.717, 1.165) is 29.2 Å². The van der Waals surface area contributed by atoms with Gasteiger partial charge in [0.15, 0.2) is 11.3 Å². The molecule has 1 fully saturated rings. The minimum absolute atomic E-state index is 0.181. The van der Waals surface area contributed by atoms with E-state index in [-0.39, 0.29) is 21.7 Å². The van der Waals surface area contributed by atoms with Gasteiger partial charge in [-0.1, -0.05) is 41.4 Å². The second-order valence-electron chi connectivity index (χ2n) is 7.37. The molecular formula is C23H18Cl2N2O3. The first-order chi connectivity index (χ1) is 14.6. The lowest BCUT2D eigenvalue weighted by Crippen LogP contribution is -2.14. The predicted molar refractivity (Wildman–Crippen MR) is 119 cm³/mol. The van der Waals surface area contributed by atoms with Crippen molar-refractivity contribution in [3.8, 4) is 5.75 Å². The van der Waals surface area contributed by atoms with Crippen LogP contribution in [0.3, 0.4) is 0 Å². The average molecular weight is 441 g/mol. The number of fused-ring (bicyclic) bond motifs is 3. The van der Waals surface area contributed by atoms with Crippen LogP contribution in [0.4, 0.5) is 5.69 Å². The Morgan fingerprint density at radius 3 is 2.57 bits per heavy atom. The maximum atomic E-state index is 13.0. The van der Waals surface area contributed by atoms with E-state index in [0.29, 0.717) is 17.0 Å². The largest absolute Gasteiger partial charge is 0.486 e. The molecule has 30 heavy (non-hydrogen) atoms. The van der Waals surface area contributed by atoms with E-state index < -0.39 is 5.91 Å². The van der Waals surface area contributed by atoms with E-state index in [4.69, 9.17) is 32.4 Å². The molecule has 5 rings (SSSR count). The third kappa shape index (κ3) is 3.38. The van der Waals surface area contributed by atoms with Crippen molar-refractivity contribution < 1.29 is 13.9 Å². The van der Waals surface area contributed by atoms with E-state index in [1.165, 1.54) is 25.2 Å². The van der Waals surface area contributed by atoms with E-state index in [1.807, 2.05) is 36.4 Å². The molecule has 1 aliphatic carbocycles. The zero-order chi connectivity index (χ0) is 20.7. The maximum Gasteiger partial charge on any atom is 0.258 e. The van der Waals surface area contributed by atoms with Crippen molar-refractivity contribution in [1.82, 2.24) is 4.98 Å². The van der Waals surface area contributed by atoms with Crippen LogP contribution in [-0.4, -0.2) is 17.0 Å². The van der Waals surface area contributed by atoms with Crippen LogP contribution >= 0.6 is 23.2 Å². The number of para-hydroxylation sites is 1. The highest BCUT2D eigenvalue weighted by atomic mass is 35.5. The van der Waals surface area contributed by atoms with E-state index in [9.17, 15) is 4.79 Å². The molecule has 5 nitrogen and oxygen atoms in total. The zero-order valence-electron chi connectivity index (χ0n) is 16.0. The Morgan fingerprint density at radius 1 is 1.07 bits per heavy atom. The first kappa shape index (κ1) is 19.2. The monoisotopic (exact) mass is 440 g/mol. The lowest BCUT2D eigenvalue weighted by molar-refractivity contribution is 0.102. The van der Waals surface area contributed by atoms with Crippen molar-refractivity contribution in [1.29, 1.82) is 0 Å². The van der Waals surface area contributed by atoms with Crippen LogP contribution < -0.4 is 10.1 Å². The third-order valence-electron chi connectivity index (χ3n) is 5.41. The van der Waals surface area contributed by atoms with Crippen LogP contribution in [0.5, 0.6) is 5.75 Å². The zero-order valence-corrected chi connectivity index (χ0v) is 17.5. The standard InChI is InChI=1S/C23H18Cl2N2O3/c24-15-11-26-12-16(25)21(15)23(28)27-17-9-10-19(29-13-5-1-2-6-13)22-20(17)14-7-3-4-8-18(14)30-22/h3-4,7-13H,1-2,5-6H2,(H,27,28). The summed E-state index contributed by atoms with van der Waals surface area (Å²) in [5.41, 5.74) is 2.13. The molecule has 1 aliphatic rings. The van der Waals surface area contributed by atoms with Crippen molar-refractivity contribution in [3.63, 3.8) is 0 Å². The van der Waals surface area contributed by atoms with Crippen molar-refractivity contribution in [2.75, 3.05) is 5.32 Å². The number of hydrogen-bond donors (Lipinski definition) is 1. The minimum Gasteiger partial charge on any atom is -0.486 e. The second-order valence-corrected chi connectivity index (χ2v) is 8.18. The highest BCUT2D eigenvalue weighted by Crippen LogP contribution is 2.41. The van der Waals surface area contributed by atoms with Gasteiger partial charge < -0.3 is 14.5 Å². The molecule has 1 saturated carbocycles. The summed E-state index contributed by atoms with van der Waals surface area (Å²) in [5, 5.41) is 4.99. The van der Waals surface area contributed by atoms with Crippen LogP contribution in [0, 0.1) is 0 Å².